The molecule has 18 heavy (non-hydrogen) atoms. The molecule has 0 aliphatic rings. The fourth-order valence-corrected chi connectivity index (χ4v) is 2.64. The van der Waals surface area contributed by atoms with Gasteiger partial charge >= 0.3 is 0 Å². The van der Waals surface area contributed by atoms with Crippen LogP contribution in [0.15, 0.2) is 47.4 Å². The number of pyridine rings is 1. The van der Waals surface area contributed by atoms with E-state index in [0.717, 1.165) is 9.64 Å². The maximum absolute atomic E-state index is 12.9. The van der Waals surface area contributed by atoms with E-state index in [1.165, 1.54) is 24.3 Å². The second-order valence-electron chi connectivity index (χ2n) is 3.40. The summed E-state index contributed by atoms with van der Waals surface area (Å²) in [4.78, 5) is 3.55. The number of rotatable bonds is 3. The van der Waals surface area contributed by atoms with Crippen LogP contribution in [0.1, 0.15) is 0 Å². The number of halogens is 2. The third-order valence-corrected chi connectivity index (χ3v) is 4.17. The van der Waals surface area contributed by atoms with Crippen molar-refractivity contribution in [1.82, 2.24) is 4.98 Å². The minimum atomic E-state index is -3.73. The maximum atomic E-state index is 12.9. The summed E-state index contributed by atoms with van der Waals surface area (Å²) in [5.74, 6) is -0.786. The molecule has 0 unspecified atom stereocenters. The van der Waals surface area contributed by atoms with Crippen molar-refractivity contribution in [3.8, 4) is 0 Å². The van der Waals surface area contributed by atoms with E-state index in [4.69, 9.17) is 0 Å². The molecule has 2 aromatic rings. The zero-order valence-corrected chi connectivity index (χ0v) is 11.9. The van der Waals surface area contributed by atoms with E-state index in [-0.39, 0.29) is 10.7 Å². The minimum absolute atomic E-state index is 0.0476. The Labute approximate surface area is 117 Å². The van der Waals surface area contributed by atoms with Crippen molar-refractivity contribution in [2.75, 3.05) is 4.72 Å². The molecule has 94 valence electrons. The predicted octanol–water partition coefficient (Wildman–Crippen LogP) is 2.63. The number of benzene rings is 1. The van der Waals surface area contributed by atoms with E-state index in [2.05, 4.69) is 32.3 Å². The number of hydrogen-bond donors (Lipinski definition) is 1. The highest BCUT2D eigenvalue weighted by molar-refractivity contribution is 14.1. The summed E-state index contributed by atoms with van der Waals surface area (Å²) in [6.45, 7) is 0. The molecule has 0 spiro atoms. The Kier molecular flexibility index (Phi) is 3.81. The van der Waals surface area contributed by atoms with Crippen molar-refractivity contribution in [2.24, 2.45) is 0 Å². The van der Waals surface area contributed by atoms with Crippen LogP contribution >= 0.6 is 22.6 Å². The number of anilines is 1. The SMILES string of the molecule is O=S(=O)(Nc1cccc(F)n1)c1ccc(I)cc1. The molecule has 0 aliphatic heterocycles. The van der Waals surface area contributed by atoms with Gasteiger partial charge in [-0.05, 0) is 59.0 Å². The highest BCUT2D eigenvalue weighted by atomic mass is 127. The summed E-state index contributed by atoms with van der Waals surface area (Å²) in [6, 6.07) is 10.2. The van der Waals surface area contributed by atoms with Gasteiger partial charge in [0.1, 0.15) is 5.82 Å². The molecule has 0 fully saturated rings. The van der Waals surface area contributed by atoms with Crippen LogP contribution in [0, 0.1) is 9.52 Å². The van der Waals surface area contributed by atoms with Crippen molar-refractivity contribution in [1.29, 1.82) is 0 Å². The van der Waals surface area contributed by atoms with Crippen molar-refractivity contribution >= 4 is 38.4 Å². The average Bonchev–Trinajstić information content (AvgIpc) is 2.29. The highest BCUT2D eigenvalue weighted by Crippen LogP contribution is 2.15. The standard InChI is InChI=1S/C11H8FIN2O2S/c12-10-2-1-3-11(14-10)15-18(16,17)9-6-4-8(13)5-7-9/h1-7H,(H,14,15). The molecule has 0 amide bonds. The van der Waals surface area contributed by atoms with Gasteiger partial charge in [-0.15, -0.1) is 0 Å². The molecular formula is C11H8FIN2O2S. The van der Waals surface area contributed by atoms with Gasteiger partial charge in [-0.1, -0.05) is 6.07 Å². The summed E-state index contributed by atoms with van der Waals surface area (Å²) < 4.78 is 39.9. The van der Waals surface area contributed by atoms with Crippen LogP contribution in [-0.2, 0) is 10.0 Å². The monoisotopic (exact) mass is 378 g/mol. The Morgan fingerprint density at radius 3 is 2.39 bits per heavy atom. The third-order valence-electron chi connectivity index (χ3n) is 2.08. The number of hydrogen-bond acceptors (Lipinski definition) is 3. The van der Waals surface area contributed by atoms with Crippen molar-refractivity contribution < 1.29 is 12.8 Å². The first-order chi connectivity index (χ1) is 8.47. The lowest BCUT2D eigenvalue weighted by atomic mass is 10.4. The highest BCUT2D eigenvalue weighted by Gasteiger charge is 2.14. The number of aromatic nitrogens is 1. The quantitative estimate of drug-likeness (QED) is 0.660. The van der Waals surface area contributed by atoms with E-state index < -0.39 is 16.0 Å². The van der Waals surface area contributed by atoms with Gasteiger partial charge in [-0.25, -0.2) is 13.4 Å². The van der Waals surface area contributed by atoms with Crippen LogP contribution < -0.4 is 4.72 Å². The summed E-state index contributed by atoms with van der Waals surface area (Å²) in [6.07, 6.45) is 0. The van der Waals surface area contributed by atoms with Crippen molar-refractivity contribution in [3.05, 3.63) is 52.0 Å². The number of sulfonamides is 1. The molecule has 0 atom stereocenters. The molecule has 7 heteroatoms. The fourth-order valence-electron chi connectivity index (χ4n) is 1.28. The van der Waals surface area contributed by atoms with Crippen LogP contribution in [-0.4, -0.2) is 13.4 Å². The molecule has 0 saturated carbocycles. The average molecular weight is 378 g/mol. The first-order valence-electron chi connectivity index (χ1n) is 4.88. The van der Waals surface area contributed by atoms with Crippen LogP contribution in [0.3, 0.4) is 0 Å². The van der Waals surface area contributed by atoms with Crippen LogP contribution in [0.2, 0.25) is 0 Å². The Bertz CT molecular complexity index is 659. The van der Waals surface area contributed by atoms with E-state index in [0.29, 0.717) is 0 Å². The molecule has 1 aromatic carbocycles. The van der Waals surface area contributed by atoms with Gasteiger partial charge in [-0.2, -0.15) is 4.39 Å². The van der Waals surface area contributed by atoms with Crippen molar-refractivity contribution in [2.45, 2.75) is 4.90 Å². The molecule has 0 saturated heterocycles. The molecule has 1 N–H and O–H groups in total. The van der Waals surface area contributed by atoms with Gasteiger partial charge < -0.3 is 0 Å². The maximum Gasteiger partial charge on any atom is 0.263 e. The van der Waals surface area contributed by atoms with Crippen LogP contribution in [0.5, 0.6) is 0 Å². The van der Waals surface area contributed by atoms with Crippen LogP contribution in [0.25, 0.3) is 0 Å². The largest absolute Gasteiger partial charge is 0.263 e. The molecule has 1 aromatic heterocycles. The fraction of sp³-hybridized carbons (Fsp3) is 0. The zero-order chi connectivity index (χ0) is 13.2. The van der Waals surface area contributed by atoms with Gasteiger partial charge in [0.2, 0.25) is 5.95 Å². The lowest BCUT2D eigenvalue weighted by Crippen LogP contribution is -2.14. The van der Waals surface area contributed by atoms with E-state index in [1.807, 2.05) is 0 Å². The molecule has 0 aliphatic carbocycles. The normalized spacial score (nSPS) is 11.2. The first-order valence-corrected chi connectivity index (χ1v) is 7.44. The second kappa shape index (κ2) is 5.19. The van der Waals surface area contributed by atoms with Gasteiger partial charge in [0, 0.05) is 3.57 Å². The number of nitrogens with zero attached hydrogens (tertiary/aromatic N) is 1. The smallest absolute Gasteiger partial charge is 0.263 e. The third kappa shape index (κ3) is 3.16. The Morgan fingerprint density at radius 2 is 1.78 bits per heavy atom. The van der Waals surface area contributed by atoms with Gasteiger partial charge in [0.15, 0.2) is 0 Å². The predicted molar refractivity (Wildman–Crippen MR) is 74.2 cm³/mol. The summed E-state index contributed by atoms with van der Waals surface area (Å²) in [7, 11) is -3.73. The van der Waals surface area contributed by atoms with Crippen molar-refractivity contribution in [3.63, 3.8) is 0 Å². The van der Waals surface area contributed by atoms with E-state index >= 15 is 0 Å². The summed E-state index contributed by atoms with van der Waals surface area (Å²) >= 11 is 2.08. The second-order valence-corrected chi connectivity index (χ2v) is 6.33. The zero-order valence-electron chi connectivity index (χ0n) is 8.97. The Balaban J connectivity index is 2.30. The molecule has 0 radical (unpaired) electrons. The van der Waals surface area contributed by atoms with Gasteiger partial charge in [0.25, 0.3) is 10.0 Å². The number of nitrogens with one attached hydrogen (secondary N) is 1. The van der Waals surface area contributed by atoms with E-state index in [1.54, 1.807) is 12.1 Å². The molecule has 1 heterocycles. The van der Waals surface area contributed by atoms with Gasteiger partial charge in [-0.3, -0.25) is 4.72 Å². The Hall–Kier alpha value is -1.22. The topological polar surface area (TPSA) is 59.1 Å². The minimum Gasteiger partial charge on any atom is -0.263 e. The first kappa shape index (κ1) is 13.2. The van der Waals surface area contributed by atoms with Crippen LogP contribution in [0.4, 0.5) is 10.2 Å². The molecule has 2 rings (SSSR count). The lowest BCUT2D eigenvalue weighted by molar-refractivity contribution is 0.584. The van der Waals surface area contributed by atoms with Gasteiger partial charge in [0.05, 0.1) is 4.90 Å². The Morgan fingerprint density at radius 1 is 1.11 bits per heavy atom. The molecule has 0 bridgehead atoms. The molecule has 4 nitrogen and oxygen atoms in total. The molecular weight excluding hydrogens is 370 g/mol. The van der Waals surface area contributed by atoms with E-state index in [9.17, 15) is 12.8 Å². The summed E-state index contributed by atoms with van der Waals surface area (Å²) in [5, 5.41) is 0. The lowest BCUT2D eigenvalue weighted by Gasteiger charge is -2.07. The summed E-state index contributed by atoms with van der Waals surface area (Å²) in [5.41, 5.74) is 0.